The third kappa shape index (κ3) is 1.99. The summed E-state index contributed by atoms with van der Waals surface area (Å²) in [6, 6.07) is 1.92. The summed E-state index contributed by atoms with van der Waals surface area (Å²) in [5.74, 6) is 0.526. The molecule has 2 N–H and O–H groups in total. The van der Waals surface area contributed by atoms with Crippen LogP contribution in [0.4, 0.5) is 0 Å². The van der Waals surface area contributed by atoms with E-state index in [4.69, 9.17) is 0 Å². The lowest BCUT2D eigenvalue weighted by Crippen LogP contribution is -2.29. The van der Waals surface area contributed by atoms with Gasteiger partial charge in [-0.2, -0.15) is 5.10 Å². The summed E-state index contributed by atoms with van der Waals surface area (Å²) in [6.45, 7) is 4.28. The van der Waals surface area contributed by atoms with Crippen LogP contribution in [0, 0.1) is 0 Å². The van der Waals surface area contributed by atoms with E-state index in [0.29, 0.717) is 23.5 Å². The van der Waals surface area contributed by atoms with Crippen molar-refractivity contribution in [2.24, 2.45) is 7.05 Å². The first-order valence-electron chi connectivity index (χ1n) is 6.81. The number of imidazole rings is 1. The molecule has 8 nitrogen and oxygen atoms in total. The van der Waals surface area contributed by atoms with E-state index in [0.717, 1.165) is 17.8 Å². The number of rotatable bonds is 3. The molecule has 0 saturated heterocycles. The van der Waals surface area contributed by atoms with Gasteiger partial charge in [-0.25, -0.2) is 9.78 Å². The molecule has 110 valence electrons. The van der Waals surface area contributed by atoms with Gasteiger partial charge in [-0.1, -0.05) is 6.92 Å². The fourth-order valence-corrected chi connectivity index (χ4v) is 2.38. The lowest BCUT2D eigenvalue weighted by molar-refractivity contribution is 0.719. The molecule has 0 radical (unpaired) electrons. The van der Waals surface area contributed by atoms with Crippen molar-refractivity contribution in [2.75, 3.05) is 0 Å². The smallest absolute Gasteiger partial charge is 0.330 e. The zero-order chi connectivity index (χ0) is 15.1. The maximum absolute atomic E-state index is 11.9. The maximum atomic E-state index is 11.9. The van der Waals surface area contributed by atoms with E-state index in [-0.39, 0.29) is 0 Å². The number of aromatic amines is 2. The second kappa shape index (κ2) is 4.72. The van der Waals surface area contributed by atoms with Crippen molar-refractivity contribution >= 4 is 11.2 Å². The number of hydrogen-bond donors (Lipinski definition) is 2. The van der Waals surface area contributed by atoms with Crippen LogP contribution in [0.1, 0.15) is 19.5 Å². The van der Waals surface area contributed by atoms with Gasteiger partial charge in [0.15, 0.2) is 11.5 Å². The van der Waals surface area contributed by atoms with Crippen LogP contribution in [0.3, 0.4) is 0 Å². The number of fused-ring (bicyclic) bond motifs is 1. The van der Waals surface area contributed by atoms with Gasteiger partial charge in [0, 0.05) is 13.6 Å². The zero-order valence-electron chi connectivity index (χ0n) is 12.1. The Bertz CT molecular complexity index is 926. The highest BCUT2D eigenvalue weighted by atomic mass is 16.2. The standard InChI is InChI=1S/C13H16N6O2/c1-4-7-6-8(18(3)17-7)10-14-9-11(15-10)19(5-2)13(21)16-12(9)20/h6H,4-5H2,1-3H3,(H,14,15)(H,16,20,21). The van der Waals surface area contributed by atoms with Crippen molar-refractivity contribution in [1.29, 1.82) is 0 Å². The molecule has 0 amide bonds. The molecule has 0 spiro atoms. The van der Waals surface area contributed by atoms with Crippen molar-refractivity contribution in [1.82, 2.24) is 29.3 Å². The van der Waals surface area contributed by atoms with Crippen LogP contribution in [-0.4, -0.2) is 29.3 Å². The van der Waals surface area contributed by atoms with Crippen LogP contribution in [0.15, 0.2) is 15.7 Å². The van der Waals surface area contributed by atoms with Crippen molar-refractivity contribution in [3.63, 3.8) is 0 Å². The Hall–Kier alpha value is -2.64. The first-order chi connectivity index (χ1) is 10.0. The number of aryl methyl sites for hydroxylation is 3. The molecule has 3 aromatic rings. The molecule has 0 bridgehead atoms. The van der Waals surface area contributed by atoms with Crippen LogP contribution in [-0.2, 0) is 20.0 Å². The topological polar surface area (TPSA) is 101 Å². The van der Waals surface area contributed by atoms with Crippen LogP contribution in [0.25, 0.3) is 22.7 Å². The Morgan fingerprint density at radius 3 is 2.62 bits per heavy atom. The Morgan fingerprint density at radius 1 is 1.24 bits per heavy atom. The first-order valence-corrected chi connectivity index (χ1v) is 6.81. The zero-order valence-corrected chi connectivity index (χ0v) is 12.1. The lowest BCUT2D eigenvalue weighted by Gasteiger charge is -1.99. The van der Waals surface area contributed by atoms with Gasteiger partial charge in [0.05, 0.1) is 5.69 Å². The fourth-order valence-electron chi connectivity index (χ4n) is 2.38. The van der Waals surface area contributed by atoms with E-state index in [2.05, 4.69) is 20.1 Å². The minimum Gasteiger partial charge on any atom is -0.331 e. The second-order valence-corrected chi connectivity index (χ2v) is 4.79. The molecule has 0 saturated carbocycles. The molecule has 3 rings (SSSR count). The summed E-state index contributed by atoms with van der Waals surface area (Å²) in [7, 11) is 1.82. The monoisotopic (exact) mass is 288 g/mol. The summed E-state index contributed by atoms with van der Waals surface area (Å²) in [5, 5.41) is 4.36. The molecule has 0 unspecified atom stereocenters. The summed E-state index contributed by atoms with van der Waals surface area (Å²) in [5.41, 5.74) is 1.46. The van der Waals surface area contributed by atoms with Crippen molar-refractivity contribution < 1.29 is 0 Å². The maximum Gasteiger partial charge on any atom is 0.330 e. The SMILES string of the molecule is CCc1cc(-c2nc3c([nH]2)c(=O)[nH]c(=O)n3CC)n(C)n1. The molecule has 21 heavy (non-hydrogen) atoms. The van der Waals surface area contributed by atoms with Crippen LogP contribution >= 0.6 is 0 Å². The Balaban J connectivity index is 2.30. The van der Waals surface area contributed by atoms with Crippen LogP contribution < -0.4 is 11.2 Å². The summed E-state index contributed by atoms with van der Waals surface area (Å²) in [6.07, 6.45) is 0.814. The molecule has 0 aromatic carbocycles. The average Bonchev–Trinajstić information content (AvgIpc) is 3.03. The number of nitrogens with one attached hydrogen (secondary N) is 2. The van der Waals surface area contributed by atoms with Gasteiger partial charge >= 0.3 is 5.69 Å². The molecular weight excluding hydrogens is 272 g/mol. The number of aromatic nitrogens is 6. The van der Waals surface area contributed by atoms with Gasteiger partial charge in [-0.05, 0) is 19.4 Å². The Labute approximate surface area is 119 Å². The second-order valence-electron chi connectivity index (χ2n) is 4.79. The van der Waals surface area contributed by atoms with E-state index >= 15 is 0 Å². The molecule has 0 atom stereocenters. The molecule has 3 heterocycles. The lowest BCUT2D eigenvalue weighted by atomic mass is 10.3. The minimum absolute atomic E-state index is 0.297. The highest BCUT2D eigenvalue weighted by Crippen LogP contribution is 2.19. The van der Waals surface area contributed by atoms with Gasteiger partial charge in [0.25, 0.3) is 5.56 Å². The molecule has 3 aromatic heterocycles. The number of nitrogens with zero attached hydrogens (tertiary/aromatic N) is 4. The quantitative estimate of drug-likeness (QED) is 0.728. The van der Waals surface area contributed by atoms with E-state index in [1.807, 2.05) is 27.0 Å². The highest BCUT2D eigenvalue weighted by molar-refractivity contribution is 5.74. The van der Waals surface area contributed by atoms with Gasteiger partial charge < -0.3 is 4.98 Å². The predicted octanol–water partition coefficient (Wildman–Crippen LogP) is 0.396. The normalized spacial score (nSPS) is 11.4. The summed E-state index contributed by atoms with van der Waals surface area (Å²) >= 11 is 0. The summed E-state index contributed by atoms with van der Waals surface area (Å²) in [4.78, 5) is 33.4. The predicted molar refractivity (Wildman–Crippen MR) is 78.2 cm³/mol. The molecule has 0 fully saturated rings. The third-order valence-electron chi connectivity index (χ3n) is 3.48. The fraction of sp³-hybridized carbons (Fsp3) is 0.385. The Kier molecular flexibility index (Phi) is 3.00. The van der Waals surface area contributed by atoms with Crippen molar-refractivity contribution in [3.05, 3.63) is 32.6 Å². The van der Waals surface area contributed by atoms with Gasteiger partial charge in [0.1, 0.15) is 11.2 Å². The van der Waals surface area contributed by atoms with E-state index in [9.17, 15) is 9.59 Å². The van der Waals surface area contributed by atoms with Gasteiger partial charge in [0.2, 0.25) is 0 Å². The first kappa shape index (κ1) is 13.3. The van der Waals surface area contributed by atoms with Crippen molar-refractivity contribution in [2.45, 2.75) is 26.8 Å². The molecule has 0 aliphatic heterocycles. The van der Waals surface area contributed by atoms with E-state index in [1.54, 1.807) is 4.68 Å². The Morgan fingerprint density at radius 2 is 2.00 bits per heavy atom. The molecular formula is C13H16N6O2. The van der Waals surface area contributed by atoms with Crippen LogP contribution in [0.2, 0.25) is 0 Å². The van der Waals surface area contributed by atoms with E-state index in [1.165, 1.54) is 4.57 Å². The molecule has 8 heteroatoms. The third-order valence-corrected chi connectivity index (χ3v) is 3.48. The minimum atomic E-state index is -0.462. The number of hydrogen-bond acceptors (Lipinski definition) is 4. The van der Waals surface area contributed by atoms with Gasteiger partial charge in [-0.3, -0.25) is 19.0 Å². The van der Waals surface area contributed by atoms with Crippen molar-refractivity contribution in [3.8, 4) is 11.5 Å². The number of H-pyrrole nitrogens is 2. The average molecular weight is 288 g/mol. The molecule has 0 aliphatic carbocycles. The highest BCUT2D eigenvalue weighted by Gasteiger charge is 2.15. The van der Waals surface area contributed by atoms with E-state index < -0.39 is 11.2 Å². The largest absolute Gasteiger partial charge is 0.331 e. The summed E-state index contributed by atoms with van der Waals surface area (Å²) < 4.78 is 3.13. The van der Waals surface area contributed by atoms with Crippen LogP contribution in [0.5, 0.6) is 0 Å². The van der Waals surface area contributed by atoms with Gasteiger partial charge in [-0.15, -0.1) is 0 Å². The molecule has 0 aliphatic rings.